The maximum absolute atomic E-state index is 11.7. The zero-order chi connectivity index (χ0) is 13.6. The summed E-state index contributed by atoms with van der Waals surface area (Å²) in [4.78, 5) is 10.4. The molecule has 0 bridgehead atoms. The van der Waals surface area contributed by atoms with E-state index >= 15 is 0 Å². The summed E-state index contributed by atoms with van der Waals surface area (Å²) in [6.45, 7) is 0.391. The predicted molar refractivity (Wildman–Crippen MR) is 67.4 cm³/mol. The van der Waals surface area contributed by atoms with Gasteiger partial charge < -0.3 is 10.8 Å². The summed E-state index contributed by atoms with van der Waals surface area (Å²) >= 11 is 0. The Morgan fingerprint density at radius 3 is 2.44 bits per heavy atom. The van der Waals surface area contributed by atoms with Crippen LogP contribution in [-0.4, -0.2) is 32.6 Å². The average molecular weight is 270 g/mol. The molecule has 0 atom stereocenters. The summed E-state index contributed by atoms with van der Waals surface area (Å²) in [6.07, 6.45) is 2.36. The largest absolute Gasteiger partial charge is 0.478 e. The minimum atomic E-state index is -3.54. The van der Waals surface area contributed by atoms with Gasteiger partial charge in [-0.2, -0.15) is 0 Å². The molecular weight excluding hydrogens is 256 g/mol. The summed E-state index contributed by atoms with van der Waals surface area (Å²) in [5.41, 5.74) is 5.82. The van der Waals surface area contributed by atoms with Gasteiger partial charge in [-0.3, -0.25) is 0 Å². The van der Waals surface area contributed by atoms with Crippen molar-refractivity contribution in [1.82, 2.24) is 4.72 Å². The predicted octanol–water partition coefficient (Wildman–Crippen LogP) is 0.0214. The molecule has 98 valence electrons. The average Bonchev–Trinajstić information content (AvgIpc) is 2.34. The molecule has 0 fully saturated rings. The second-order valence-electron chi connectivity index (χ2n) is 3.43. The van der Waals surface area contributed by atoms with E-state index in [4.69, 9.17) is 10.8 Å². The van der Waals surface area contributed by atoms with Gasteiger partial charge >= 0.3 is 5.97 Å². The molecule has 0 saturated carbocycles. The van der Waals surface area contributed by atoms with E-state index < -0.39 is 16.0 Å². The highest BCUT2D eigenvalue weighted by Gasteiger charge is 2.11. The maximum Gasteiger partial charge on any atom is 0.328 e. The molecule has 0 spiro atoms. The van der Waals surface area contributed by atoms with Gasteiger partial charge in [0.15, 0.2) is 0 Å². The highest BCUT2D eigenvalue weighted by molar-refractivity contribution is 7.89. The number of carbonyl (C=O) groups is 1. The standard InChI is InChI=1S/C11H14N2O4S/c12-7-8-13-18(16,17)10-4-1-9(2-5-10)3-6-11(14)15/h1-6,13H,7-8,12H2,(H,14,15)/b6-3+. The minimum absolute atomic E-state index is 0.114. The lowest BCUT2D eigenvalue weighted by Gasteiger charge is -2.05. The second-order valence-corrected chi connectivity index (χ2v) is 5.19. The number of nitrogens with one attached hydrogen (secondary N) is 1. The van der Waals surface area contributed by atoms with E-state index in [2.05, 4.69) is 4.72 Å². The van der Waals surface area contributed by atoms with Gasteiger partial charge in [0.1, 0.15) is 0 Å². The summed E-state index contributed by atoms with van der Waals surface area (Å²) < 4.78 is 25.7. The van der Waals surface area contributed by atoms with Crippen molar-refractivity contribution in [2.75, 3.05) is 13.1 Å². The molecule has 0 heterocycles. The Hall–Kier alpha value is -1.70. The van der Waals surface area contributed by atoms with Crippen molar-refractivity contribution in [3.8, 4) is 0 Å². The molecule has 0 radical (unpaired) electrons. The molecule has 0 unspecified atom stereocenters. The topological polar surface area (TPSA) is 109 Å². The van der Waals surface area contributed by atoms with Crippen LogP contribution in [0.3, 0.4) is 0 Å². The fourth-order valence-electron chi connectivity index (χ4n) is 1.20. The van der Waals surface area contributed by atoms with Gasteiger partial charge in [-0.05, 0) is 23.8 Å². The molecule has 0 saturated heterocycles. The first-order valence-electron chi connectivity index (χ1n) is 5.16. The molecule has 1 aromatic carbocycles. The molecule has 1 aromatic rings. The van der Waals surface area contributed by atoms with Gasteiger partial charge in [-0.15, -0.1) is 0 Å². The van der Waals surface area contributed by atoms with Crippen molar-refractivity contribution < 1.29 is 18.3 Å². The lowest BCUT2D eigenvalue weighted by Crippen LogP contribution is -2.29. The minimum Gasteiger partial charge on any atom is -0.478 e. The van der Waals surface area contributed by atoms with Gasteiger partial charge in [0.2, 0.25) is 10.0 Å². The van der Waals surface area contributed by atoms with Crippen molar-refractivity contribution in [2.45, 2.75) is 4.90 Å². The number of benzene rings is 1. The van der Waals surface area contributed by atoms with Crippen LogP contribution in [0.25, 0.3) is 6.08 Å². The molecule has 0 aliphatic rings. The van der Waals surface area contributed by atoms with E-state index in [0.717, 1.165) is 6.08 Å². The van der Waals surface area contributed by atoms with Gasteiger partial charge in [-0.1, -0.05) is 12.1 Å². The molecule has 18 heavy (non-hydrogen) atoms. The summed E-state index contributed by atoms with van der Waals surface area (Å²) in [5.74, 6) is -1.06. The second kappa shape index (κ2) is 6.29. The third-order valence-corrected chi connectivity index (χ3v) is 3.52. The Kier molecular flexibility index (Phi) is 5.02. The van der Waals surface area contributed by atoms with Crippen molar-refractivity contribution in [3.63, 3.8) is 0 Å². The van der Waals surface area contributed by atoms with Crippen LogP contribution in [0.4, 0.5) is 0 Å². The molecular formula is C11H14N2O4S. The number of hydrogen-bond acceptors (Lipinski definition) is 4. The van der Waals surface area contributed by atoms with Crippen LogP contribution < -0.4 is 10.5 Å². The molecule has 0 aliphatic heterocycles. The Morgan fingerprint density at radius 1 is 1.33 bits per heavy atom. The number of carboxylic acids is 1. The first-order chi connectivity index (χ1) is 8.45. The highest BCUT2D eigenvalue weighted by atomic mass is 32.2. The lowest BCUT2D eigenvalue weighted by molar-refractivity contribution is -0.131. The van der Waals surface area contributed by atoms with Crippen LogP contribution in [-0.2, 0) is 14.8 Å². The normalized spacial score (nSPS) is 11.8. The van der Waals surface area contributed by atoms with Crippen molar-refractivity contribution in [2.24, 2.45) is 5.73 Å². The van der Waals surface area contributed by atoms with E-state index in [1.54, 1.807) is 0 Å². The maximum atomic E-state index is 11.7. The number of rotatable bonds is 6. The zero-order valence-electron chi connectivity index (χ0n) is 9.54. The van der Waals surface area contributed by atoms with Gasteiger partial charge in [0, 0.05) is 19.2 Å². The summed E-state index contributed by atoms with van der Waals surface area (Å²) in [5, 5.41) is 8.45. The zero-order valence-corrected chi connectivity index (χ0v) is 10.4. The van der Waals surface area contributed by atoms with Crippen molar-refractivity contribution >= 4 is 22.1 Å². The monoisotopic (exact) mass is 270 g/mol. The quantitative estimate of drug-likeness (QED) is 0.631. The van der Waals surface area contributed by atoms with Crippen LogP contribution in [0.1, 0.15) is 5.56 Å². The van der Waals surface area contributed by atoms with Gasteiger partial charge in [0.25, 0.3) is 0 Å². The third kappa shape index (κ3) is 4.28. The van der Waals surface area contributed by atoms with Crippen molar-refractivity contribution in [3.05, 3.63) is 35.9 Å². The highest BCUT2D eigenvalue weighted by Crippen LogP contribution is 2.11. The first-order valence-corrected chi connectivity index (χ1v) is 6.65. The van der Waals surface area contributed by atoms with E-state index in [9.17, 15) is 13.2 Å². The molecule has 7 heteroatoms. The number of hydrogen-bond donors (Lipinski definition) is 3. The van der Waals surface area contributed by atoms with Crippen LogP contribution in [0.2, 0.25) is 0 Å². The Balaban J connectivity index is 2.86. The first kappa shape index (κ1) is 14.4. The Labute approximate surface area is 105 Å². The van der Waals surface area contributed by atoms with Crippen LogP contribution in [0.5, 0.6) is 0 Å². The van der Waals surface area contributed by atoms with E-state index in [0.29, 0.717) is 5.56 Å². The molecule has 0 aliphatic carbocycles. The summed E-state index contributed by atoms with van der Waals surface area (Å²) in [6, 6.07) is 5.85. The molecule has 6 nitrogen and oxygen atoms in total. The number of carboxylic acid groups (broad SMARTS) is 1. The molecule has 0 amide bonds. The van der Waals surface area contributed by atoms with Crippen LogP contribution >= 0.6 is 0 Å². The number of sulfonamides is 1. The van der Waals surface area contributed by atoms with Crippen molar-refractivity contribution in [1.29, 1.82) is 0 Å². The number of nitrogens with two attached hydrogens (primary N) is 1. The van der Waals surface area contributed by atoms with E-state index in [1.165, 1.54) is 30.3 Å². The Morgan fingerprint density at radius 2 is 1.94 bits per heavy atom. The van der Waals surface area contributed by atoms with E-state index in [-0.39, 0.29) is 18.0 Å². The lowest BCUT2D eigenvalue weighted by atomic mass is 10.2. The van der Waals surface area contributed by atoms with Crippen LogP contribution in [0, 0.1) is 0 Å². The fraction of sp³-hybridized carbons (Fsp3) is 0.182. The molecule has 0 aromatic heterocycles. The van der Waals surface area contributed by atoms with Crippen LogP contribution in [0.15, 0.2) is 35.2 Å². The van der Waals surface area contributed by atoms with E-state index in [1.807, 2.05) is 0 Å². The smallest absolute Gasteiger partial charge is 0.328 e. The third-order valence-electron chi connectivity index (χ3n) is 2.05. The number of aliphatic carboxylic acids is 1. The Bertz CT molecular complexity index is 535. The fourth-order valence-corrected chi connectivity index (χ4v) is 2.25. The van der Waals surface area contributed by atoms with Gasteiger partial charge in [0.05, 0.1) is 4.90 Å². The SMILES string of the molecule is NCCNS(=O)(=O)c1ccc(/C=C/C(=O)O)cc1. The molecule has 1 rings (SSSR count). The summed E-state index contributed by atoms with van der Waals surface area (Å²) in [7, 11) is -3.54. The molecule has 4 N–H and O–H groups in total. The van der Waals surface area contributed by atoms with Gasteiger partial charge in [-0.25, -0.2) is 17.9 Å².